The molecule has 1 heterocycles. The minimum absolute atomic E-state index is 0.141. The largest absolute Gasteiger partial charge is 0.383 e. The van der Waals surface area contributed by atoms with Crippen LogP contribution in [0.25, 0.3) is 0 Å². The van der Waals surface area contributed by atoms with Gasteiger partial charge in [0.25, 0.3) is 0 Å². The molecule has 0 bridgehead atoms. The van der Waals surface area contributed by atoms with E-state index in [4.69, 9.17) is 16.3 Å². The number of ether oxygens (including phenoxy) is 1. The maximum atomic E-state index is 13.9. The third-order valence-electron chi connectivity index (χ3n) is 2.94. The van der Waals surface area contributed by atoms with Crippen LogP contribution in [0.2, 0.25) is 5.02 Å². The minimum Gasteiger partial charge on any atom is -0.383 e. The Morgan fingerprint density at radius 2 is 2.30 bits per heavy atom. The summed E-state index contributed by atoms with van der Waals surface area (Å²) in [4.78, 5) is 4.27. The second-order valence-corrected chi connectivity index (χ2v) is 4.76. The molecule has 108 valence electrons. The van der Waals surface area contributed by atoms with E-state index < -0.39 is 0 Å². The molecular formula is C14H17ClFN3O. The Kier molecular flexibility index (Phi) is 5.52. The summed E-state index contributed by atoms with van der Waals surface area (Å²) in [5.74, 6) is 0.474. The van der Waals surface area contributed by atoms with E-state index in [2.05, 4.69) is 10.3 Å². The van der Waals surface area contributed by atoms with Crippen LogP contribution in [0.15, 0.2) is 30.6 Å². The molecule has 2 rings (SSSR count). The molecule has 1 aromatic heterocycles. The summed E-state index contributed by atoms with van der Waals surface area (Å²) in [6.07, 6.45) is 3.53. The molecule has 2 aromatic rings. The van der Waals surface area contributed by atoms with Gasteiger partial charge in [0.2, 0.25) is 0 Å². The van der Waals surface area contributed by atoms with Gasteiger partial charge in [-0.25, -0.2) is 9.37 Å². The highest BCUT2D eigenvalue weighted by Gasteiger charge is 2.09. The highest BCUT2D eigenvalue weighted by atomic mass is 35.5. The second-order valence-electron chi connectivity index (χ2n) is 4.35. The van der Waals surface area contributed by atoms with Crippen molar-refractivity contribution in [3.8, 4) is 0 Å². The minimum atomic E-state index is -0.374. The van der Waals surface area contributed by atoms with Crippen LogP contribution in [0.1, 0.15) is 11.4 Å². The molecule has 6 heteroatoms. The summed E-state index contributed by atoms with van der Waals surface area (Å²) < 4.78 is 20.7. The van der Waals surface area contributed by atoms with Gasteiger partial charge in [0.15, 0.2) is 0 Å². The number of nitrogens with zero attached hydrogens (tertiary/aromatic N) is 2. The van der Waals surface area contributed by atoms with Crippen LogP contribution in [0.5, 0.6) is 0 Å². The fraction of sp³-hybridized carbons (Fsp3) is 0.357. The number of imidazole rings is 1. The van der Waals surface area contributed by atoms with Gasteiger partial charge in [0, 0.05) is 31.6 Å². The Hall–Kier alpha value is -1.43. The number of halogens is 2. The number of aromatic nitrogens is 2. The summed E-state index contributed by atoms with van der Waals surface area (Å²) in [7, 11) is 1.66. The molecule has 0 unspecified atom stereocenters. The van der Waals surface area contributed by atoms with Crippen molar-refractivity contribution >= 4 is 11.6 Å². The van der Waals surface area contributed by atoms with Crippen molar-refractivity contribution in [2.24, 2.45) is 0 Å². The van der Waals surface area contributed by atoms with Crippen LogP contribution < -0.4 is 5.32 Å². The molecule has 4 nitrogen and oxygen atoms in total. The molecule has 0 radical (unpaired) electrons. The van der Waals surface area contributed by atoms with E-state index in [1.807, 2.05) is 10.8 Å². The van der Waals surface area contributed by atoms with E-state index in [1.165, 1.54) is 0 Å². The second kappa shape index (κ2) is 7.38. The van der Waals surface area contributed by atoms with E-state index in [0.29, 0.717) is 25.3 Å². The van der Waals surface area contributed by atoms with Crippen LogP contribution in [-0.4, -0.2) is 29.8 Å². The van der Waals surface area contributed by atoms with Crippen LogP contribution in [0, 0.1) is 5.82 Å². The molecule has 0 spiro atoms. The molecule has 0 aliphatic carbocycles. The topological polar surface area (TPSA) is 39.1 Å². The third-order valence-corrected chi connectivity index (χ3v) is 3.23. The van der Waals surface area contributed by atoms with Crippen LogP contribution >= 0.6 is 11.6 Å². The molecule has 0 aliphatic heterocycles. The summed E-state index contributed by atoms with van der Waals surface area (Å²) in [6, 6.07) is 5.01. The first kappa shape index (κ1) is 15.0. The highest BCUT2D eigenvalue weighted by molar-refractivity contribution is 6.30. The van der Waals surface area contributed by atoms with Crippen molar-refractivity contribution in [1.29, 1.82) is 0 Å². The summed E-state index contributed by atoms with van der Waals surface area (Å²) >= 11 is 5.79. The van der Waals surface area contributed by atoms with Crippen LogP contribution in [0.3, 0.4) is 0 Å². The van der Waals surface area contributed by atoms with Crippen molar-refractivity contribution in [3.63, 3.8) is 0 Å². The molecule has 1 N–H and O–H groups in total. The van der Waals surface area contributed by atoms with E-state index >= 15 is 0 Å². The Morgan fingerprint density at radius 1 is 1.45 bits per heavy atom. The van der Waals surface area contributed by atoms with Crippen molar-refractivity contribution < 1.29 is 9.13 Å². The number of rotatable bonds is 7. The lowest BCUT2D eigenvalue weighted by atomic mass is 10.2. The van der Waals surface area contributed by atoms with E-state index in [-0.39, 0.29) is 10.8 Å². The van der Waals surface area contributed by atoms with Crippen molar-refractivity contribution in [1.82, 2.24) is 14.9 Å². The summed E-state index contributed by atoms with van der Waals surface area (Å²) in [5.41, 5.74) is 0.550. The average molecular weight is 298 g/mol. The summed E-state index contributed by atoms with van der Waals surface area (Å²) in [5, 5.41) is 3.35. The van der Waals surface area contributed by atoms with Gasteiger partial charge in [-0.05, 0) is 6.07 Å². The monoisotopic (exact) mass is 297 g/mol. The Bertz CT molecular complexity index is 559. The van der Waals surface area contributed by atoms with Crippen molar-refractivity contribution in [2.75, 3.05) is 20.3 Å². The van der Waals surface area contributed by atoms with Crippen LogP contribution in [0.4, 0.5) is 4.39 Å². The lowest BCUT2D eigenvalue weighted by Gasteiger charge is -2.10. The van der Waals surface area contributed by atoms with Gasteiger partial charge in [-0.1, -0.05) is 23.7 Å². The Morgan fingerprint density at radius 3 is 3.10 bits per heavy atom. The number of benzene rings is 1. The van der Waals surface area contributed by atoms with Gasteiger partial charge in [-0.2, -0.15) is 0 Å². The van der Waals surface area contributed by atoms with E-state index in [0.717, 1.165) is 12.4 Å². The zero-order valence-electron chi connectivity index (χ0n) is 11.3. The first-order valence-corrected chi connectivity index (χ1v) is 6.72. The fourth-order valence-corrected chi connectivity index (χ4v) is 2.07. The molecule has 0 atom stereocenters. The normalized spacial score (nSPS) is 10.9. The van der Waals surface area contributed by atoms with Crippen LogP contribution in [-0.2, 0) is 17.8 Å². The average Bonchev–Trinajstić information content (AvgIpc) is 2.87. The van der Waals surface area contributed by atoms with Gasteiger partial charge in [0.05, 0.1) is 24.7 Å². The van der Waals surface area contributed by atoms with E-state index in [1.54, 1.807) is 31.5 Å². The molecule has 20 heavy (non-hydrogen) atoms. The van der Waals surface area contributed by atoms with Gasteiger partial charge >= 0.3 is 0 Å². The lowest BCUT2D eigenvalue weighted by Crippen LogP contribution is -2.21. The van der Waals surface area contributed by atoms with Gasteiger partial charge in [0.1, 0.15) is 11.6 Å². The maximum Gasteiger partial charge on any atom is 0.146 e. The van der Waals surface area contributed by atoms with Crippen molar-refractivity contribution in [2.45, 2.75) is 13.1 Å². The SMILES string of the molecule is COCCNCc1nccn1Cc1cccc(Cl)c1F. The smallest absolute Gasteiger partial charge is 0.146 e. The standard InChI is InChI=1S/C14H17ClFN3O/c1-20-8-6-17-9-13-18-5-7-19(13)10-11-3-2-4-12(15)14(11)16/h2-5,7,17H,6,8-10H2,1H3. The molecule has 0 saturated carbocycles. The number of hydrogen-bond acceptors (Lipinski definition) is 3. The van der Waals surface area contributed by atoms with Gasteiger partial charge < -0.3 is 14.6 Å². The quantitative estimate of drug-likeness (QED) is 0.798. The number of methoxy groups -OCH3 is 1. The number of hydrogen-bond donors (Lipinski definition) is 1. The summed E-state index contributed by atoms with van der Waals surface area (Å²) in [6.45, 7) is 2.41. The van der Waals surface area contributed by atoms with Gasteiger partial charge in [-0.3, -0.25) is 0 Å². The molecule has 0 aliphatic rings. The predicted octanol–water partition coefficient (Wildman–Crippen LogP) is 2.46. The molecular weight excluding hydrogens is 281 g/mol. The zero-order chi connectivity index (χ0) is 14.4. The molecule has 0 fully saturated rings. The Labute approximate surface area is 122 Å². The van der Waals surface area contributed by atoms with E-state index in [9.17, 15) is 4.39 Å². The van der Waals surface area contributed by atoms with Crippen molar-refractivity contribution in [3.05, 3.63) is 52.8 Å². The molecule has 0 saturated heterocycles. The first-order chi connectivity index (χ1) is 9.72. The highest BCUT2D eigenvalue weighted by Crippen LogP contribution is 2.19. The molecule has 0 amide bonds. The van der Waals surface area contributed by atoms with Gasteiger partial charge in [-0.15, -0.1) is 0 Å². The number of nitrogens with one attached hydrogen (secondary N) is 1. The predicted molar refractivity (Wildman–Crippen MR) is 76.3 cm³/mol. The fourth-order valence-electron chi connectivity index (χ4n) is 1.88. The zero-order valence-corrected chi connectivity index (χ0v) is 12.0. The first-order valence-electron chi connectivity index (χ1n) is 6.35. The third kappa shape index (κ3) is 3.79. The molecule has 1 aromatic carbocycles. The Balaban J connectivity index is 2.03. The lowest BCUT2D eigenvalue weighted by molar-refractivity contribution is 0.199. The maximum absolute atomic E-state index is 13.9.